The summed E-state index contributed by atoms with van der Waals surface area (Å²) >= 11 is 0. The molecule has 2 aromatic carbocycles. The van der Waals surface area contributed by atoms with Crippen molar-refractivity contribution < 1.29 is 19.1 Å². The number of ether oxygens (including phenoxy) is 2. The molecule has 0 bridgehead atoms. The number of H-pyrrole nitrogens is 1. The maximum Gasteiger partial charge on any atom is 0.328 e. The van der Waals surface area contributed by atoms with Crippen molar-refractivity contribution in [2.24, 2.45) is 0 Å². The first-order valence-corrected chi connectivity index (χ1v) is 10.4. The van der Waals surface area contributed by atoms with Crippen LogP contribution in [-0.4, -0.2) is 47.8 Å². The van der Waals surface area contributed by atoms with Crippen LogP contribution in [0, 0.1) is 0 Å². The Bertz CT molecular complexity index is 949. The van der Waals surface area contributed by atoms with Crippen LogP contribution in [0.15, 0.2) is 73.2 Å². The number of nitrogens with one attached hydrogen (secondary N) is 3. The molecule has 1 amide bonds. The summed E-state index contributed by atoms with van der Waals surface area (Å²) < 4.78 is 10.6. The first-order valence-electron chi connectivity index (χ1n) is 10.4. The highest BCUT2D eigenvalue weighted by atomic mass is 16.5. The molecule has 0 saturated carbocycles. The van der Waals surface area contributed by atoms with Crippen LogP contribution in [0.2, 0.25) is 0 Å². The van der Waals surface area contributed by atoms with E-state index in [1.807, 2.05) is 60.7 Å². The van der Waals surface area contributed by atoms with Crippen LogP contribution in [0.4, 0.5) is 0 Å². The monoisotopic (exact) mass is 436 g/mol. The Morgan fingerprint density at radius 3 is 2.28 bits per heavy atom. The summed E-state index contributed by atoms with van der Waals surface area (Å²) in [5.41, 5.74) is 2.75. The van der Waals surface area contributed by atoms with Gasteiger partial charge in [-0.05, 0) is 11.1 Å². The van der Waals surface area contributed by atoms with Crippen molar-refractivity contribution in [3.8, 4) is 0 Å². The normalized spacial score (nSPS) is 12.7. The largest absolute Gasteiger partial charge is 0.467 e. The number of esters is 1. The van der Waals surface area contributed by atoms with E-state index < -0.39 is 18.1 Å². The summed E-state index contributed by atoms with van der Waals surface area (Å²) in [6, 6.07) is 17.8. The Morgan fingerprint density at radius 1 is 0.969 bits per heavy atom. The highest BCUT2D eigenvalue weighted by molar-refractivity contribution is 5.87. The standard InChI is InChI=1S/C24H28N4O4/c1-31-24(30)22(12-18-8-4-2-5-9-18)28-23(29)21(13-20-14-25-16-26-20)27-17-32-15-19-10-6-3-7-11-19/h2-11,14,16,21-22,27H,12-13,15,17H2,1H3,(H,25,26)(H,28,29)/t21-,22-/m0/s1. The molecule has 0 saturated heterocycles. The van der Waals surface area contributed by atoms with Crippen molar-refractivity contribution in [3.05, 3.63) is 90.0 Å². The first kappa shape index (κ1) is 23.2. The molecule has 0 unspecified atom stereocenters. The van der Waals surface area contributed by atoms with Gasteiger partial charge >= 0.3 is 5.97 Å². The van der Waals surface area contributed by atoms with Crippen molar-refractivity contribution in [2.75, 3.05) is 13.8 Å². The lowest BCUT2D eigenvalue weighted by Gasteiger charge is -2.22. The fourth-order valence-corrected chi connectivity index (χ4v) is 3.23. The number of rotatable bonds is 12. The minimum Gasteiger partial charge on any atom is -0.467 e. The van der Waals surface area contributed by atoms with Gasteiger partial charge in [0.05, 0.1) is 32.8 Å². The zero-order chi connectivity index (χ0) is 22.6. The van der Waals surface area contributed by atoms with E-state index >= 15 is 0 Å². The summed E-state index contributed by atoms with van der Waals surface area (Å²) in [5.74, 6) is -0.822. The lowest BCUT2D eigenvalue weighted by atomic mass is 10.0. The van der Waals surface area contributed by atoms with Gasteiger partial charge < -0.3 is 19.8 Å². The van der Waals surface area contributed by atoms with Crippen molar-refractivity contribution in [1.82, 2.24) is 20.6 Å². The number of hydrogen-bond acceptors (Lipinski definition) is 6. The zero-order valence-electron chi connectivity index (χ0n) is 18.0. The summed E-state index contributed by atoms with van der Waals surface area (Å²) in [4.78, 5) is 32.4. The SMILES string of the molecule is COC(=O)[C@H](Cc1ccccc1)NC(=O)[C@H](Cc1cnc[nH]1)NCOCc1ccccc1. The van der Waals surface area contributed by atoms with Crippen LogP contribution in [0.5, 0.6) is 0 Å². The molecule has 168 valence electrons. The molecule has 0 fully saturated rings. The van der Waals surface area contributed by atoms with Crippen LogP contribution < -0.4 is 10.6 Å². The van der Waals surface area contributed by atoms with Gasteiger partial charge in [-0.25, -0.2) is 9.78 Å². The second kappa shape index (κ2) is 12.4. The minimum atomic E-state index is -0.800. The van der Waals surface area contributed by atoms with E-state index in [4.69, 9.17) is 9.47 Å². The number of hydrogen-bond donors (Lipinski definition) is 3. The smallest absolute Gasteiger partial charge is 0.328 e. The van der Waals surface area contributed by atoms with Crippen LogP contribution in [0.1, 0.15) is 16.8 Å². The molecule has 3 aromatic rings. The molecule has 3 N–H and O–H groups in total. The molecule has 8 nitrogen and oxygen atoms in total. The number of carbonyl (C=O) groups excluding carboxylic acids is 2. The van der Waals surface area contributed by atoms with Gasteiger partial charge in [-0.15, -0.1) is 0 Å². The maximum atomic E-state index is 13.1. The Morgan fingerprint density at radius 2 is 1.66 bits per heavy atom. The van der Waals surface area contributed by atoms with E-state index in [0.717, 1.165) is 16.8 Å². The summed E-state index contributed by atoms with van der Waals surface area (Å²) in [6.07, 6.45) is 3.91. The quantitative estimate of drug-likeness (QED) is 0.228. The first-order chi connectivity index (χ1) is 15.7. The lowest BCUT2D eigenvalue weighted by Crippen LogP contribution is -2.52. The summed E-state index contributed by atoms with van der Waals surface area (Å²) in [6.45, 7) is 0.591. The van der Waals surface area contributed by atoms with Crippen LogP contribution in [0.3, 0.4) is 0 Å². The van der Waals surface area contributed by atoms with E-state index in [1.54, 1.807) is 12.5 Å². The second-order valence-electron chi connectivity index (χ2n) is 7.29. The fraction of sp³-hybridized carbons (Fsp3) is 0.292. The number of aromatic nitrogens is 2. The van der Waals surface area contributed by atoms with Gasteiger partial charge in [0.2, 0.25) is 5.91 Å². The van der Waals surface area contributed by atoms with Gasteiger partial charge in [-0.2, -0.15) is 0 Å². The minimum absolute atomic E-state index is 0.169. The van der Waals surface area contributed by atoms with Crippen LogP contribution in [-0.2, 0) is 38.5 Å². The van der Waals surface area contributed by atoms with Gasteiger partial charge in [0, 0.05) is 24.7 Å². The fourth-order valence-electron chi connectivity index (χ4n) is 3.23. The van der Waals surface area contributed by atoms with E-state index in [0.29, 0.717) is 19.4 Å². The molecular formula is C24H28N4O4. The molecule has 0 radical (unpaired) electrons. The topological polar surface area (TPSA) is 105 Å². The number of amides is 1. The number of carbonyl (C=O) groups is 2. The van der Waals surface area contributed by atoms with Gasteiger partial charge in [-0.1, -0.05) is 60.7 Å². The van der Waals surface area contributed by atoms with E-state index in [9.17, 15) is 9.59 Å². The van der Waals surface area contributed by atoms with Gasteiger partial charge in [0.1, 0.15) is 6.04 Å². The van der Waals surface area contributed by atoms with E-state index in [1.165, 1.54) is 7.11 Å². The summed E-state index contributed by atoms with van der Waals surface area (Å²) in [7, 11) is 1.31. The average molecular weight is 437 g/mol. The van der Waals surface area contributed by atoms with Crippen molar-refractivity contribution >= 4 is 11.9 Å². The Labute approximate surface area is 187 Å². The molecule has 1 heterocycles. The third-order valence-electron chi connectivity index (χ3n) is 4.92. The predicted molar refractivity (Wildman–Crippen MR) is 119 cm³/mol. The highest BCUT2D eigenvalue weighted by Crippen LogP contribution is 2.07. The van der Waals surface area contributed by atoms with Crippen LogP contribution >= 0.6 is 0 Å². The Balaban J connectivity index is 1.62. The van der Waals surface area contributed by atoms with E-state index in [2.05, 4.69) is 20.6 Å². The Kier molecular flexibility index (Phi) is 8.97. The second-order valence-corrected chi connectivity index (χ2v) is 7.29. The average Bonchev–Trinajstić information content (AvgIpc) is 3.34. The van der Waals surface area contributed by atoms with Crippen molar-refractivity contribution in [1.29, 1.82) is 0 Å². The molecule has 0 spiro atoms. The van der Waals surface area contributed by atoms with Crippen LogP contribution in [0.25, 0.3) is 0 Å². The number of nitrogens with zero attached hydrogens (tertiary/aromatic N) is 1. The third kappa shape index (κ3) is 7.33. The van der Waals surface area contributed by atoms with Gasteiger partial charge in [0.15, 0.2) is 0 Å². The molecular weight excluding hydrogens is 408 g/mol. The molecule has 3 rings (SSSR count). The predicted octanol–water partition coefficient (Wildman–Crippen LogP) is 1.99. The zero-order valence-corrected chi connectivity index (χ0v) is 18.0. The van der Waals surface area contributed by atoms with Crippen molar-refractivity contribution in [2.45, 2.75) is 31.5 Å². The van der Waals surface area contributed by atoms with Gasteiger partial charge in [0.25, 0.3) is 0 Å². The molecule has 0 aliphatic carbocycles. The van der Waals surface area contributed by atoms with E-state index in [-0.39, 0.29) is 12.6 Å². The van der Waals surface area contributed by atoms with Gasteiger partial charge in [-0.3, -0.25) is 10.1 Å². The lowest BCUT2D eigenvalue weighted by molar-refractivity contribution is -0.145. The summed E-state index contributed by atoms with van der Waals surface area (Å²) in [5, 5.41) is 5.94. The third-order valence-corrected chi connectivity index (χ3v) is 4.92. The molecule has 2 atom stereocenters. The maximum absolute atomic E-state index is 13.1. The number of methoxy groups -OCH3 is 1. The molecule has 32 heavy (non-hydrogen) atoms. The number of aromatic amines is 1. The molecule has 1 aromatic heterocycles. The van der Waals surface area contributed by atoms with Crippen molar-refractivity contribution in [3.63, 3.8) is 0 Å². The Hall–Kier alpha value is -3.49. The highest BCUT2D eigenvalue weighted by Gasteiger charge is 2.26. The molecule has 0 aliphatic rings. The number of imidazole rings is 1. The number of benzene rings is 2. The molecule has 8 heteroatoms. The molecule has 0 aliphatic heterocycles.